The summed E-state index contributed by atoms with van der Waals surface area (Å²) in [4.78, 5) is 35.1. The molecule has 1 aromatic heterocycles. The maximum Gasteiger partial charge on any atom is 0.254 e. The summed E-state index contributed by atoms with van der Waals surface area (Å²) in [6, 6.07) is 25.6. The van der Waals surface area contributed by atoms with Crippen molar-refractivity contribution in [1.82, 2.24) is 9.88 Å². The maximum atomic E-state index is 12.9. The number of pyridine rings is 1. The minimum atomic E-state index is -0.0518. The lowest BCUT2D eigenvalue weighted by molar-refractivity contribution is -0.113. The van der Waals surface area contributed by atoms with Crippen molar-refractivity contribution in [1.29, 1.82) is 0 Å². The largest absolute Gasteiger partial charge is 0.368 e. The molecule has 0 bridgehead atoms. The van der Waals surface area contributed by atoms with E-state index in [0.29, 0.717) is 18.8 Å². The lowest BCUT2D eigenvalue weighted by Crippen LogP contribution is -2.48. The number of rotatable bonds is 6. The average molecular weight is 497 g/mol. The maximum absolute atomic E-state index is 12.9. The topological polar surface area (TPSA) is 65.5 Å². The average Bonchev–Trinajstić information content (AvgIpc) is 2.92. The van der Waals surface area contributed by atoms with Gasteiger partial charge in [-0.3, -0.25) is 14.6 Å². The number of aromatic nitrogens is 1. The SMILES string of the molecule is Cc1ccccc1C(=O)N1CCN(c2ccc(NC(=O)CSc3cccc4cccnc34)cc2)CC1. The fraction of sp³-hybridized carbons (Fsp3) is 0.207. The number of nitrogens with zero attached hydrogens (tertiary/aromatic N) is 3. The molecule has 0 atom stereocenters. The van der Waals surface area contributed by atoms with E-state index in [1.54, 1.807) is 6.20 Å². The Bertz CT molecular complexity index is 1380. The van der Waals surface area contributed by atoms with Crippen molar-refractivity contribution in [2.75, 3.05) is 42.1 Å². The molecular formula is C29H28N4O2S. The number of thioether (sulfide) groups is 1. The van der Waals surface area contributed by atoms with Crippen LogP contribution in [0.4, 0.5) is 11.4 Å². The van der Waals surface area contributed by atoms with E-state index in [1.807, 2.05) is 90.7 Å². The molecule has 0 radical (unpaired) electrons. The molecule has 1 fully saturated rings. The number of carbonyl (C=O) groups excluding carboxylic acids is 2. The van der Waals surface area contributed by atoms with Crippen molar-refractivity contribution in [3.8, 4) is 0 Å². The van der Waals surface area contributed by atoms with E-state index in [0.717, 1.165) is 51.4 Å². The Morgan fingerprint density at radius 1 is 0.889 bits per heavy atom. The molecule has 2 heterocycles. The number of hydrogen-bond acceptors (Lipinski definition) is 5. The third kappa shape index (κ3) is 5.36. The molecule has 36 heavy (non-hydrogen) atoms. The third-order valence-electron chi connectivity index (χ3n) is 6.41. The van der Waals surface area contributed by atoms with Crippen molar-refractivity contribution >= 4 is 45.9 Å². The zero-order chi connectivity index (χ0) is 24.9. The van der Waals surface area contributed by atoms with Crippen LogP contribution in [0.1, 0.15) is 15.9 Å². The van der Waals surface area contributed by atoms with E-state index in [9.17, 15) is 9.59 Å². The first-order chi connectivity index (χ1) is 17.6. The fourth-order valence-corrected chi connectivity index (χ4v) is 5.28. The van der Waals surface area contributed by atoms with Crippen molar-refractivity contribution in [3.05, 3.63) is 96.2 Å². The second kappa shape index (κ2) is 10.8. The van der Waals surface area contributed by atoms with E-state index < -0.39 is 0 Å². The molecule has 182 valence electrons. The highest BCUT2D eigenvalue weighted by atomic mass is 32.2. The van der Waals surface area contributed by atoms with Crippen LogP contribution in [0, 0.1) is 6.92 Å². The van der Waals surface area contributed by atoms with Gasteiger partial charge in [0.15, 0.2) is 0 Å². The molecule has 1 aliphatic rings. The number of anilines is 2. The van der Waals surface area contributed by atoms with Crippen LogP contribution in [0.3, 0.4) is 0 Å². The molecule has 6 nitrogen and oxygen atoms in total. The highest BCUT2D eigenvalue weighted by Gasteiger charge is 2.23. The Labute approximate surface area is 215 Å². The summed E-state index contributed by atoms with van der Waals surface area (Å²) in [5.41, 5.74) is 4.57. The number of nitrogens with one attached hydrogen (secondary N) is 1. The van der Waals surface area contributed by atoms with Gasteiger partial charge in [-0.2, -0.15) is 0 Å². The number of amides is 2. The van der Waals surface area contributed by atoms with E-state index in [1.165, 1.54) is 11.8 Å². The highest BCUT2D eigenvalue weighted by molar-refractivity contribution is 8.00. The minimum absolute atomic E-state index is 0.0518. The molecule has 1 saturated heterocycles. The Kier molecular flexibility index (Phi) is 7.18. The molecule has 7 heteroatoms. The van der Waals surface area contributed by atoms with Gasteiger partial charge in [-0.1, -0.05) is 36.4 Å². The van der Waals surface area contributed by atoms with Crippen molar-refractivity contribution in [3.63, 3.8) is 0 Å². The predicted molar refractivity (Wildman–Crippen MR) is 147 cm³/mol. The molecular weight excluding hydrogens is 468 g/mol. The summed E-state index contributed by atoms with van der Waals surface area (Å²) in [7, 11) is 0. The highest BCUT2D eigenvalue weighted by Crippen LogP contribution is 2.26. The van der Waals surface area contributed by atoms with Gasteiger partial charge >= 0.3 is 0 Å². The number of piperazine rings is 1. The van der Waals surface area contributed by atoms with Crippen LogP contribution in [0.25, 0.3) is 10.9 Å². The second-order valence-corrected chi connectivity index (χ2v) is 9.83. The van der Waals surface area contributed by atoms with E-state index >= 15 is 0 Å². The molecule has 1 aliphatic heterocycles. The third-order valence-corrected chi connectivity index (χ3v) is 7.46. The first-order valence-electron chi connectivity index (χ1n) is 12.0. The van der Waals surface area contributed by atoms with Crippen LogP contribution in [-0.2, 0) is 4.79 Å². The lowest BCUT2D eigenvalue weighted by Gasteiger charge is -2.36. The molecule has 2 amide bonds. The Morgan fingerprint density at radius 2 is 1.64 bits per heavy atom. The summed E-state index contributed by atoms with van der Waals surface area (Å²) in [6.07, 6.45) is 1.77. The predicted octanol–water partition coefficient (Wildman–Crippen LogP) is 5.24. The quantitative estimate of drug-likeness (QED) is 0.370. The van der Waals surface area contributed by atoms with Crippen LogP contribution >= 0.6 is 11.8 Å². The first-order valence-corrected chi connectivity index (χ1v) is 13.0. The van der Waals surface area contributed by atoms with Gasteiger partial charge in [0.05, 0.1) is 11.3 Å². The van der Waals surface area contributed by atoms with Crippen molar-refractivity contribution < 1.29 is 9.59 Å². The molecule has 0 aliphatic carbocycles. The number of fused-ring (bicyclic) bond motifs is 1. The van der Waals surface area contributed by atoms with Gasteiger partial charge in [0.1, 0.15) is 0 Å². The normalized spacial score (nSPS) is 13.6. The van der Waals surface area contributed by atoms with Gasteiger partial charge in [0.25, 0.3) is 5.91 Å². The zero-order valence-corrected chi connectivity index (χ0v) is 21.0. The van der Waals surface area contributed by atoms with Crippen LogP contribution in [0.15, 0.2) is 90.0 Å². The fourth-order valence-electron chi connectivity index (χ4n) is 4.44. The molecule has 4 aromatic rings. The van der Waals surface area contributed by atoms with Gasteiger partial charge in [-0.25, -0.2) is 0 Å². The smallest absolute Gasteiger partial charge is 0.254 e. The summed E-state index contributed by atoms with van der Waals surface area (Å²) in [5.74, 6) is 0.362. The summed E-state index contributed by atoms with van der Waals surface area (Å²) in [6.45, 7) is 4.90. The molecule has 0 saturated carbocycles. The van der Waals surface area contributed by atoms with Crippen LogP contribution < -0.4 is 10.2 Å². The Morgan fingerprint density at radius 3 is 2.42 bits per heavy atom. The van der Waals surface area contributed by atoms with Gasteiger partial charge in [0, 0.05) is 59.6 Å². The Balaban J connectivity index is 1.13. The molecule has 0 spiro atoms. The number of aryl methyl sites for hydroxylation is 1. The van der Waals surface area contributed by atoms with E-state index in [-0.39, 0.29) is 11.8 Å². The van der Waals surface area contributed by atoms with Gasteiger partial charge in [-0.05, 0) is 55.0 Å². The molecule has 5 rings (SSSR count). The van der Waals surface area contributed by atoms with Gasteiger partial charge < -0.3 is 15.1 Å². The molecule has 3 aromatic carbocycles. The molecule has 0 unspecified atom stereocenters. The van der Waals surface area contributed by atoms with Gasteiger partial charge in [-0.15, -0.1) is 11.8 Å². The van der Waals surface area contributed by atoms with Crippen LogP contribution in [0.2, 0.25) is 0 Å². The number of para-hydroxylation sites is 1. The van der Waals surface area contributed by atoms with Crippen LogP contribution in [-0.4, -0.2) is 53.6 Å². The van der Waals surface area contributed by atoms with Crippen LogP contribution in [0.5, 0.6) is 0 Å². The first kappa shape index (κ1) is 23.9. The number of hydrogen-bond donors (Lipinski definition) is 1. The van der Waals surface area contributed by atoms with Crippen molar-refractivity contribution in [2.45, 2.75) is 11.8 Å². The monoisotopic (exact) mass is 496 g/mol. The summed E-state index contributed by atoms with van der Waals surface area (Å²) in [5, 5.41) is 4.05. The summed E-state index contributed by atoms with van der Waals surface area (Å²) >= 11 is 1.49. The second-order valence-electron chi connectivity index (χ2n) is 8.81. The Hall–Kier alpha value is -3.84. The number of benzene rings is 3. The standard InChI is InChI=1S/C29H28N4O2S/c1-21-6-2-3-9-25(21)29(35)33-18-16-32(17-19-33)24-13-11-23(12-14-24)31-27(34)20-36-26-10-4-7-22-8-5-15-30-28(22)26/h2-15H,16-20H2,1H3,(H,31,34). The zero-order valence-electron chi connectivity index (χ0n) is 20.2. The lowest BCUT2D eigenvalue weighted by atomic mass is 10.1. The van der Waals surface area contributed by atoms with Crippen molar-refractivity contribution in [2.24, 2.45) is 0 Å². The number of carbonyl (C=O) groups is 2. The minimum Gasteiger partial charge on any atom is -0.368 e. The summed E-state index contributed by atoms with van der Waals surface area (Å²) < 4.78 is 0. The van der Waals surface area contributed by atoms with Gasteiger partial charge in [0.2, 0.25) is 5.91 Å². The van der Waals surface area contributed by atoms with E-state index in [2.05, 4.69) is 15.2 Å². The molecule has 1 N–H and O–H groups in total. The van der Waals surface area contributed by atoms with E-state index in [4.69, 9.17) is 0 Å².